The maximum absolute atomic E-state index is 4.65. The first-order valence-corrected chi connectivity index (χ1v) is 8.39. The van der Waals surface area contributed by atoms with Gasteiger partial charge in [-0.15, -0.1) is 0 Å². The Morgan fingerprint density at radius 2 is 1.55 bits per heavy atom. The number of aryl methyl sites for hydroxylation is 3. The maximum atomic E-state index is 4.65. The molecule has 1 unspecified atom stereocenters. The van der Waals surface area contributed by atoms with E-state index in [9.17, 15) is 0 Å². The summed E-state index contributed by atoms with van der Waals surface area (Å²) in [5.41, 5.74) is 5.03. The number of hydrogen-bond donors (Lipinski definition) is 0. The van der Waals surface area contributed by atoms with E-state index < -0.39 is 0 Å². The predicted octanol–water partition coefficient (Wildman–Crippen LogP) is 4.59. The van der Waals surface area contributed by atoms with Crippen LogP contribution in [0.1, 0.15) is 81.4 Å². The standard InChI is InChI=1S/C18H30N4/c1-12(2)17-10-21(19-15(17)6)9-8-14(5)18-11-22(13(3)4)20-16(18)7/h10-14H,8-9H2,1-7H3. The molecule has 0 spiro atoms. The van der Waals surface area contributed by atoms with Crippen molar-refractivity contribution in [3.63, 3.8) is 0 Å². The summed E-state index contributed by atoms with van der Waals surface area (Å²) >= 11 is 0. The third kappa shape index (κ3) is 3.60. The first-order valence-electron chi connectivity index (χ1n) is 8.39. The largest absolute Gasteiger partial charge is 0.272 e. The molecule has 0 fully saturated rings. The molecule has 0 aliphatic rings. The first kappa shape index (κ1) is 16.8. The molecule has 2 aromatic rings. The lowest BCUT2D eigenvalue weighted by molar-refractivity contribution is 0.522. The van der Waals surface area contributed by atoms with Gasteiger partial charge >= 0.3 is 0 Å². The van der Waals surface area contributed by atoms with Crippen LogP contribution in [0.4, 0.5) is 0 Å². The molecule has 0 N–H and O–H groups in total. The Kier molecular flexibility index (Phi) is 5.09. The van der Waals surface area contributed by atoms with E-state index in [0.29, 0.717) is 17.9 Å². The molecule has 4 heteroatoms. The monoisotopic (exact) mass is 302 g/mol. The topological polar surface area (TPSA) is 35.6 Å². The van der Waals surface area contributed by atoms with Crippen LogP contribution in [0.2, 0.25) is 0 Å². The second kappa shape index (κ2) is 6.67. The van der Waals surface area contributed by atoms with E-state index in [1.54, 1.807) is 0 Å². The van der Waals surface area contributed by atoms with Crippen LogP contribution in [0, 0.1) is 13.8 Å². The van der Waals surface area contributed by atoms with Crippen molar-refractivity contribution in [2.45, 2.75) is 79.3 Å². The third-order valence-electron chi connectivity index (χ3n) is 4.41. The van der Waals surface area contributed by atoms with Gasteiger partial charge in [0.2, 0.25) is 0 Å². The van der Waals surface area contributed by atoms with Crippen LogP contribution < -0.4 is 0 Å². The van der Waals surface area contributed by atoms with Crippen LogP contribution in [0.15, 0.2) is 12.4 Å². The fourth-order valence-corrected chi connectivity index (χ4v) is 2.94. The molecule has 2 heterocycles. The van der Waals surface area contributed by atoms with Gasteiger partial charge in [0.25, 0.3) is 0 Å². The normalized spacial score (nSPS) is 13.3. The Morgan fingerprint density at radius 1 is 0.909 bits per heavy atom. The highest BCUT2D eigenvalue weighted by Gasteiger charge is 2.15. The van der Waals surface area contributed by atoms with Crippen LogP contribution in [0.25, 0.3) is 0 Å². The molecule has 4 nitrogen and oxygen atoms in total. The molecule has 0 saturated carbocycles. The van der Waals surface area contributed by atoms with Gasteiger partial charge in [-0.2, -0.15) is 10.2 Å². The van der Waals surface area contributed by atoms with E-state index in [1.807, 2.05) is 0 Å². The molecule has 0 radical (unpaired) electrons. The molecule has 0 aliphatic heterocycles. The molecule has 0 bridgehead atoms. The van der Waals surface area contributed by atoms with Gasteiger partial charge in [0.05, 0.1) is 11.4 Å². The van der Waals surface area contributed by atoms with E-state index in [1.165, 1.54) is 11.1 Å². The minimum Gasteiger partial charge on any atom is -0.272 e. The van der Waals surface area contributed by atoms with Crippen molar-refractivity contribution in [2.24, 2.45) is 0 Å². The highest BCUT2D eigenvalue weighted by molar-refractivity contribution is 5.21. The van der Waals surface area contributed by atoms with Crippen LogP contribution in [-0.4, -0.2) is 19.6 Å². The zero-order chi connectivity index (χ0) is 16.4. The summed E-state index contributed by atoms with van der Waals surface area (Å²) in [7, 11) is 0. The summed E-state index contributed by atoms with van der Waals surface area (Å²) < 4.78 is 4.17. The van der Waals surface area contributed by atoms with Gasteiger partial charge in [-0.05, 0) is 57.1 Å². The maximum Gasteiger partial charge on any atom is 0.0628 e. The average Bonchev–Trinajstić information content (AvgIpc) is 2.99. The SMILES string of the molecule is Cc1nn(CCC(C)c2cn(C(C)C)nc2C)cc1C(C)C. The molecule has 0 aromatic carbocycles. The zero-order valence-electron chi connectivity index (χ0n) is 15.1. The average molecular weight is 302 g/mol. The highest BCUT2D eigenvalue weighted by Crippen LogP contribution is 2.24. The van der Waals surface area contributed by atoms with Gasteiger partial charge in [0, 0.05) is 25.0 Å². The molecule has 22 heavy (non-hydrogen) atoms. The Labute approximate surface area is 134 Å². The smallest absolute Gasteiger partial charge is 0.0628 e. The van der Waals surface area contributed by atoms with Gasteiger partial charge in [-0.1, -0.05) is 20.8 Å². The molecular weight excluding hydrogens is 272 g/mol. The van der Waals surface area contributed by atoms with Crippen molar-refractivity contribution in [2.75, 3.05) is 0 Å². The summed E-state index contributed by atoms with van der Waals surface area (Å²) in [4.78, 5) is 0. The van der Waals surface area contributed by atoms with E-state index in [-0.39, 0.29) is 0 Å². The van der Waals surface area contributed by atoms with Crippen molar-refractivity contribution in [3.8, 4) is 0 Å². The Balaban J connectivity index is 2.03. The van der Waals surface area contributed by atoms with Crippen molar-refractivity contribution in [1.82, 2.24) is 19.6 Å². The molecule has 1 atom stereocenters. The molecule has 2 rings (SSSR count). The van der Waals surface area contributed by atoms with Crippen LogP contribution >= 0.6 is 0 Å². The quantitative estimate of drug-likeness (QED) is 0.782. The molecule has 0 saturated heterocycles. The molecular formula is C18H30N4. The molecule has 0 amide bonds. The van der Waals surface area contributed by atoms with E-state index in [4.69, 9.17) is 0 Å². The summed E-state index contributed by atoms with van der Waals surface area (Å²) in [6.45, 7) is 16.2. The van der Waals surface area contributed by atoms with Gasteiger partial charge in [-0.25, -0.2) is 0 Å². The lowest BCUT2D eigenvalue weighted by Gasteiger charge is -2.10. The zero-order valence-corrected chi connectivity index (χ0v) is 15.1. The van der Waals surface area contributed by atoms with Gasteiger partial charge < -0.3 is 0 Å². The second-order valence-electron chi connectivity index (χ2n) is 7.02. The molecule has 2 aromatic heterocycles. The second-order valence-corrected chi connectivity index (χ2v) is 7.02. The number of hydrogen-bond acceptors (Lipinski definition) is 2. The van der Waals surface area contributed by atoms with E-state index >= 15 is 0 Å². The highest BCUT2D eigenvalue weighted by atomic mass is 15.3. The lowest BCUT2D eigenvalue weighted by Crippen LogP contribution is -2.04. The van der Waals surface area contributed by atoms with Crippen molar-refractivity contribution in [3.05, 3.63) is 34.9 Å². The fourth-order valence-electron chi connectivity index (χ4n) is 2.94. The van der Waals surface area contributed by atoms with Crippen LogP contribution in [0.3, 0.4) is 0 Å². The number of nitrogens with zero attached hydrogens (tertiary/aromatic N) is 4. The van der Waals surface area contributed by atoms with Gasteiger partial charge in [0.1, 0.15) is 0 Å². The Morgan fingerprint density at radius 3 is 2.05 bits per heavy atom. The van der Waals surface area contributed by atoms with Crippen LogP contribution in [-0.2, 0) is 6.54 Å². The Bertz CT molecular complexity index is 619. The van der Waals surface area contributed by atoms with Gasteiger partial charge in [0.15, 0.2) is 0 Å². The third-order valence-corrected chi connectivity index (χ3v) is 4.41. The molecule has 0 aliphatic carbocycles. The van der Waals surface area contributed by atoms with Crippen molar-refractivity contribution < 1.29 is 0 Å². The summed E-state index contributed by atoms with van der Waals surface area (Å²) in [5.74, 6) is 1.04. The first-order chi connectivity index (χ1) is 10.3. The summed E-state index contributed by atoms with van der Waals surface area (Å²) in [6, 6.07) is 0.419. The number of aromatic nitrogens is 4. The fraction of sp³-hybridized carbons (Fsp3) is 0.667. The predicted molar refractivity (Wildman–Crippen MR) is 91.4 cm³/mol. The van der Waals surface area contributed by atoms with E-state index in [0.717, 1.165) is 24.4 Å². The minimum atomic E-state index is 0.419. The summed E-state index contributed by atoms with van der Waals surface area (Å²) in [5, 5.41) is 9.27. The summed E-state index contributed by atoms with van der Waals surface area (Å²) in [6.07, 6.45) is 5.50. The van der Waals surface area contributed by atoms with Gasteiger partial charge in [-0.3, -0.25) is 9.36 Å². The van der Waals surface area contributed by atoms with Crippen LogP contribution in [0.5, 0.6) is 0 Å². The molecule has 122 valence electrons. The minimum absolute atomic E-state index is 0.419. The van der Waals surface area contributed by atoms with E-state index in [2.05, 4.69) is 80.4 Å². The Hall–Kier alpha value is -1.58. The van der Waals surface area contributed by atoms with Crippen molar-refractivity contribution in [1.29, 1.82) is 0 Å². The lowest BCUT2D eigenvalue weighted by atomic mass is 9.99. The number of rotatable bonds is 6. The van der Waals surface area contributed by atoms with Crippen molar-refractivity contribution >= 4 is 0 Å².